The molecule has 0 aromatic carbocycles. The maximum Gasteiger partial charge on any atom is 0.332 e. The normalized spacial score (nSPS) is 20.9. The average Bonchev–Trinajstić information content (AvgIpc) is 2.80. The van der Waals surface area contributed by atoms with Crippen LogP contribution in [0, 0.1) is 0 Å². The van der Waals surface area contributed by atoms with E-state index in [0.717, 1.165) is 0 Å². The Balaban J connectivity index is 2.37. The van der Waals surface area contributed by atoms with E-state index in [1.54, 1.807) is 0 Å². The average molecular weight is 159 g/mol. The highest BCUT2D eigenvalue weighted by molar-refractivity contribution is 5.91. The molecule has 0 saturated carbocycles. The van der Waals surface area contributed by atoms with Gasteiger partial charge >= 0.3 is 6.03 Å². The Hall–Kier alpha value is -1.34. The molecule has 1 fully saturated rings. The van der Waals surface area contributed by atoms with Crippen LogP contribution in [0.5, 0.6) is 0 Å². The molecule has 6 N–H and O–H groups in total. The highest BCUT2D eigenvalue weighted by Gasteiger charge is 2.43. The van der Waals surface area contributed by atoms with E-state index < -0.39 is 12.1 Å². The zero-order valence-electron chi connectivity index (χ0n) is 5.70. The molecule has 0 aromatic heterocycles. The fourth-order valence-electron chi connectivity index (χ4n) is 0.767. The van der Waals surface area contributed by atoms with E-state index >= 15 is 0 Å². The summed E-state index contributed by atoms with van der Waals surface area (Å²) in [5.41, 5.74) is 3.84. The Bertz CT molecular complexity index is 173. The van der Waals surface area contributed by atoms with Gasteiger partial charge in [0.2, 0.25) is 0 Å². The molecule has 0 aromatic rings. The first kappa shape index (κ1) is 7.76. The first-order chi connectivity index (χ1) is 5.20. The van der Waals surface area contributed by atoms with E-state index in [2.05, 4.69) is 0 Å². The number of nitrogens with two attached hydrogens (primary N) is 2. The van der Waals surface area contributed by atoms with Crippen LogP contribution in [-0.2, 0) is 4.79 Å². The van der Waals surface area contributed by atoms with Crippen molar-refractivity contribution in [3.63, 3.8) is 0 Å². The number of urea groups is 1. The molecular formula is C4H9N5O2. The number of carbonyl (C=O) groups is 2. The number of hydrazine groups is 2. The molecule has 1 rings (SSSR count). The Morgan fingerprint density at radius 1 is 1.36 bits per heavy atom. The molecule has 1 unspecified atom stereocenters. The van der Waals surface area contributed by atoms with Crippen molar-refractivity contribution in [3.05, 3.63) is 0 Å². The SMILES string of the molecule is NNC(=O)C1CN1C(=O)NN. The van der Waals surface area contributed by atoms with Crippen LogP contribution in [-0.4, -0.2) is 29.4 Å². The molecule has 3 amide bonds. The van der Waals surface area contributed by atoms with Crippen molar-refractivity contribution in [2.24, 2.45) is 11.7 Å². The molecular weight excluding hydrogens is 150 g/mol. The van der Waals surface area contributed by atoms with Crippen LogP contribution >= 0.6 is 0 Å². The van der Waals surface area contributed by atoms with E-state index in [9.17, 15) is 9.59 Å². The van der Waals surface area contributed by atoms with Gasteiger partial charge in [-0.3, -0.25) is 15.6 Å². The van der Waals surface area contributed by atoms with Gasteiger partial charge in [0.05, 0.1) is 6.54 Å². The maximum absolute atomic E-state index is 10.7. The Morgan fingerprint density at radius 2 is 2.00 bits per heavy atom. The number of nitrogens with zero attached hydrogens (tertiary/aromatic N) is 1. The lowest BCUT2D eigenvalue weighted by atomic mass is 10.5. The summed E-state index contributed by atoms with van der Waals surface area (Å²) in [6.45, 7) is 0.367. The van der Waals surface area contributed by atoms with Gasteiger partial charge in [-0.2, -0.15) is 0 Å². The summed E-state index contributed by atoms with van der Waals surface area (Å²) >= 11 is 0. The highest BCUT2D eigenvalue weighted by Crippen LogP contribution is 2.15. The lowest BCUT2D eigenvalue weighted by molar-refractivity contribution is -0.121. The first-order valence-electron chi connectivity index (χ1n) is 2.98. The molecule has 7 nitrogen and oxygen atoms in total. The van der Waals surface area contributed by atoms with E-state index in [0.29, 0.717) is 6.54 Å². The number of carbonyl (C=O) groups excluding carboxylic acids is 2. The summed E-state index contributed by atoms with van der Waals surface area (Å²) in [5, 5.41) is 0. The summed E-state index contributed by atoms with van der Waals surface area (Å²) in [7, 11) is 0. The minimum Gasteiger partial charge on any atom is -0.307 e. The largest absolute Gasteiger partial charge is 0.332 e. The Morgan fingerprint density at radius 3 is 2.45 bits per heavy atom. The van der Waals surface area contributed by atoms with Gasteiger partial charge in [-0.05, 0) is 0 Å². The molecule has 1 heterocycles. The van der Waals surface area contributed by atoms with Crippen molar-refractivity contribution in [1.82, 2.24) is 15.8 Å². The van der Waals surface area contributed by atoms with E-state index in [4.69, 9.17) is 11.7 Å². The molecule has 1 aliphatic rings. The fourth-order valence-corrected chi connectivity index (χ4v) is 0.767. The topological polar surface area (TPSA) is 113 Å². The number of rotatable bonds is 1. The van der Waals surface area contributed by atoms with Crippen molar-refractivity contribution in [3.8, 4) is 0 Å². The second-order valence-corrected chi connectivity index (χ2v) is 2.13. The molecule has 11 heavy (non-hydrogen) atoms. The number of hydrogen-bond donors (Lipinski definition) is 4. The molecule has 1 atom stereocenters. The first-order valence-corrected chi connectivity index (χ1v) is 2.98. The molecule has 62 valence electrons. The second kappa shape index (κ2) is 2.72. The predicted molar refractivity (Wildman–Crippen MR) is 35.5 cm³/mol. The highest BCUT2D eigenvalue weighted by atomic mass is 16.2. The zero-order chi connectivity index (χ0) is 8.43. The van der Waals surface area contributed by atoms with Gasteiger partial charge in [-0.15, -0.1) is 0 Å². The monoisotopic (exact) mass is 159 g/mol. The lowest BCUT2D eigenvalue weighted by Crippen LogP contribution is -2.40. The van der Waals surface area contributed by atoms with Gasteiger partial charge in [0.1, 0.15) is 6.04 Å². The van der Waals surface area contributed by atoms with Crippen molar-refractivity contribution < 1.29 is 9.59 Å². The van der Waals surface area contributed by atoms with Gasteiger partial charge < -0.3 is 4.90 Å². The van der Waals surface area contributed by atoms with E-state index in [1.807, 2.05) is 10.9 Å². The standard InChI is InChI=1S/C4H9N5O2/c5-7-3(10)2-1-9(2)4(11)8-6/h2H,1,5-6H2,(H,7,10)(H,8,11). The molecule has 0 radical (unpaired) electrons. The van der Waals surface area contributed by atoms with E-state index in [1.165, 1.54) is 4.90 Å². The summed E-state index contributed by atoms with van der Waals surface area (Å²) < 4.78 is 0. The van der Waals surface area contributed by atoms with Crippen LogP contribution in [0.3, 0.4) is 0 Å². The zero-order valence-corrected chi connectivity index (χ0v) is 5.70. The Kier molecular flexibility index (Phi) is 1.92. The van der Waals surface area contributed by atoms with Crippen LogP contribution in [0.15, 0.2) is 0 Å². The van der Waals surface area contributed by atoms with Crippen LogP contribution in [0.2, 0.25) is 0 Å². The van der Waals surface area contributed by atoms with Crippen LogP contribution in [0.4, 0.5) is 4.79 Å². The Labute approximate surface area is 62.6 Å². The lowest BCUT2D eigenvalue weighted by Gasteiger charge is -2.00. The van der Waals surface area contributed by atoms with Crippen molar-refractivity contribution >= 4 is 11.9 Å². The smallest absolute Gasteiger partial charge is 0.307 e. The minimum absolute atomic E-state index is 0.367. The number of nitrogens with one attached hydrogen (secondary N) is 2. The number of amides is 3. The number of hydrogen-bond acceptors (Lipinski definition) is 4. The third kappa shape index (κ3) is 1.38. The third-order valence-corrected chi connectivity index (χ3v) is 1.44. The second-order valence-electron chi connectivity index (χ2n) is 2.13. The third-order valence-electron chi connectivity index (χ3n) is 1.44. The molecule has 0 spiro atoms. The molecule has 1 aliphatic heterocycles. The van der Waals surface area contributed by atoms with Crippen LogP contribution < -0.4 is 22.5 Å². The summed E-state index contributed by atoms with van der Waals surface area (Å²) in [5.74, 6) is 9.26. The van der Waals surface area contributed by atoms with Crippen molar-refractivity contribution in [2.45, 2.75) is 6.04 Å². The van der Waals surface area contributed by atoms with Gasteiger partial charge in [-0.25, -0.2) is 16.5 Å². The molecule has 7 heteroatoms. The van der Waals surface area contributed by atoms with Crippen LogP contribution in [0.25, 0.3) is 0 Å². The van der Waals surface area contributed by atoms with Crippen molar-refractivity contribution in [1.29, 1.82) is 0 Å². The molecule has 0 bridgehead atoms. The fraction of sp³-hybridized carbons (Fsp3) is 0.500. The summed E-state index contributed by atoms with van der Waals surface area (Å²) in [6, 6.07) is -0.929. The molecule has 1 saturated heterocycles. The quantitative estimate of drug-likeness (QED) is 0.144. The van der Waals surface area contributed by atoms with Gasteiger partial charge in [-0.1, -0.05) is 0 Å². The van der Waals surface area contributed by atoms with Crippen LogP contribution in [0.1, 0.15) is 0 Å². The van der Waals surface area contributed by atoms with E-state index in [-0.39, 0.29) is 5.91 Å². The summed E-state index contributed by atoms with van der Waals surface area (Å²) in [4.78, 5) is 22.6. The van der Waals surface area contributed by atoms with Gasteiger partial charge in [0.25, 0.3) is 5.91 Å². The maximum atomic E-state index is 10.7. The minimum atomic E-state index is -0.474. The summed E-state index contributed by atoms with van der Waals surface area (Å²) in [6.07, 6.45) is 0. The predicted octanol–water partition coefficient (Wildman–Crippen LogP) is -2.76. The van der Waals surface area contributed by atoms with Gasteiger partial charge in [0, 0.05) is 0 Å². The van der Waals surface area contributed by atoms with Crippen molar-refractivity contribution in [2.75, 3.05) is 6.54 Å². The van der Waals surface area contributed by atoms with Gasteiger partial charge in [0.15, 0.2) is 0 Å². The molecule has 0 aliphatic carbocycles.